The first-order valence-corrected chi connectivity index (χ1v) is 8.35. The Hall–Kier alpha value is -2.74. The summed E-state index contributed by atoms with van der Waals surface area (Å²) in [7, 11) is 1.81. The summed E-state index contributed by atoms with van der Waals surface area (Å²) in [4.78, 5) is 17.2. The summed E-state index contributed by atoms with van der Waals surface area (Å²) in [6.45, 7) is 3.39. The van der Waals surface area contributed by atoms with Crippen LogP contribution in [0.1, 0.15) is 40.5 Å². The molecule has 8 heteroatoms. The topological polar surface area (TPSA) is 97.7 Å². The van der Waals surface area contributed by atoms with E-state index in [9.17, 15) is 4.79 Å². The summed E-state index contributed by atoms with van der Waals surface area (Å²) in [6, 6.07) is 3.67. The number of carbonyl (C=O) groups excluding carboxylic acids is 1. The fourth-order valence-corrected chi connectivity index (χ4v) is 3.23. The summed E-state index contributed by atoms with van der Waals surface area (Å²) in [5.74, 6) is 0.714. The average molecular weight is 340 g/mol. The molecule has 0 atom stereocenters. The molecule has 0 spiro atoms. The quantitative estimate of drug-likeness (QED) is 0.761. The van der Waals surface area contributed by atoms with Crippen LogP contribution in [-0.4, -0.2) is 44.1 Å². The number of aryl methyl sites for hydroxylation is 2. The van der Waals surface area contributed by atoms with Crippen molar-refractivity contribution in [3.8, 4) is 0 Å². The normalized spacial score (nSPS) is 15.6. The number of nitrogens with one attached hydrogen (secondary N) is 2. The Kier molecular flexibility index (Phi) is 3.96. The summed E-state index contributed by atoms with van der Waals surface area (Å²) in [5, 5.41) is 15.1. The zero-order chi connectivity index (χ0) is 17.4. The zero-order valence-electron chi connectivity index (χ0n) is 14.2. The van der Waals surface area contributed by atoms with Crippen LogP contribution in [-0.2, 0) is 11.8 Å². The highest BCUT2D eigenvalue weighted by molar-refractivity contribution is 6.11. The lowest BCUT2D eigenvalue weighted by Gasteiger charge is -2.20. The van der Waals surface area contributed by atoms with E-state index in [4.69, 9.17) is 4.74 Å². The van der Waals surface area contributed by atoms with Crippen LogP contribution >= 0.6 is 0 Å². The third-order valence-corrected chi connectivity index (χ3v) is 4.58. The van der Waals surface area contributed by atoms with E-state index >= 15 is 0 Å². The van der Waals surface area contributed by atoms with Gasteiger partial charge >= 0.3 is 0 Å². The number of pyridine rings is 1. The number of fused-ring (bicyclic) bond motifs is 1. The smallest absolute Gasteiger partial charge is 0.257 e. The SMILES string of the molecule is Cc1cc(C(=O)Nc2cc(C3CCOCC3)[nH]n2)c2cnn(C)c2n1. The molecule has 4 rings (SSSR count). The monoisotopic (exact) mass is 340 g/mol. The van der Waals surface area contributed by atoms with Crippen LogP contribution in [0.15, 0.2) is 18.3 Å². The maximum absolute atomic E-state index is 12.7. The Morgan fingerprint density at radius 2 is 2.16 bits per heavy atom. The standard InChI is InChI=1S/C17H20N6O2/c1-10-7-12(13-9-18-23(2)16(13)19-10)17(24)20-15-8-14(21-22-15)11-3-5-25-6-4-11/h7-9,11H,3-6H2,1-2H3,(H2,20,21,22,24). The number of ether oxygens (including phenoxy) is 1. The van der Waals surface area contributed by atoms with Crippen molar-refractivity contribution in [3.63, 3.8) is 0 Å². The van der Waals surface area contributed by atoms with Crippen molar-refractivity contribution in [1.82, 2.24) is 25.0 Å². The predicted molar refractivity (Wildman–Crippen MR) is 92.6 cm³/mol. The van der Waals surface area contributed by atoms with Gasteiger partial charge in [-0.1, -0.05) is 0 Å². The molecule has 0 aromatic carbocycles. The van der Waals surface area contributed by atoms with Gasteiger partial charge in [-0.2, -0.15) is 10.2 Å². The van der Waals surface area contributed by atoms with Crippen molar-refractivity contribution < 1.29 is 9.53 Å². The highest BCUT2D eigenvalue weighted by atomic mass is 16.5. The number of hydrogen-bond donors (Lipinski definition) is 2. The number of nitrogens with zero attached hydrogens (tertiary/aromatic N) is 4. The van der Waals surface area contributed by atoms with Crippen molar-refractivity contribution in [2.75, 3.05) is 18.5 Å². The van der Waals surface area contributed by atoms with E-state index in [-0.39, 0.29) is 5.91 Å². The molecule has 130 valence electrons. The maximum Gasteiger partial charge on any atom is 0.257 e. The van der Waals surface area contributed by atoms with Crippen molar-refractivity contribution in [2.24, 2.45) is 7.05 Å². The van der Waals surface area contributed by atoms with E-state index in [1.165, 1.54) is 0 Å². The number of anilines is 1. The first-order chi connectivity index (χ1) is 12.1. The Labute approximate surface area is 144 Å². The second-order valence-electron chi connectivity index (χ2n) is 6.37. The van der Waals surface area contributed by atoms with Gasteiger partial charge in [0, 0.05) is 43.6 Å². The lowest BCUT2D eigenvalue weighted by atomic mass is 9.97. The molecule has 2 N–H and O–H groups in total. The van der Waals surface area contributed by atoms with Gasteiger partial charge in [0.25, 0.3) is 5.91 Å². The number of amides is 1. The largest absolute Gasteiger partial charge is 0.381 e. The van der Waals surface area contributed by atoms with Gasteiger partial charge in [0.1, 0.15) is 0 Å². The van der Waals surface area contributed by atoms with Crippen LogP contribution in [0.25, 0.3) is 11.0 Å². The minimum Gasteiger partial charge on any atom is -0.381 e. The van der Waals surface area contributed by atoms with E-state index in [0.29, 0.717) is 22.9 Å². The second-order valence-corrected chi connectivity index (χ2v) is 6.37. The lowest BCUT2D eigenvalue weighted by Crippen LogP contribution is -2.14. The summed E-state index contributed by atoms with van der Waals surface area (Å²) in [5.41, 5.74) is 3.04. The van der Waals surface area contributed by atoms with Gasteiger partial charge in [-0.05, 0) is 25.8 Å². The Bertz CT molecular complexity index is 923. The predicted octanol–water partition coefficient (Wildman–Crippen LogP) is 2.15. The fraction of sp³-hybridized carbons (Fsp3) is 0.412. The van der Waals surface area contributed by atoms with Crippen LogP contribution in [0.5, 0.6) is 0 Å². The molecule has 0 bridgehead atoms. The zero-order valence-corrected chi connectivity index (χ0v) is 14.2. The molecular formula is C17H20N6O2. The molecule has 0 radical (unpaired) electrons. The molecule has 1 saturated heterocycles. The van der Waals surface area contributed by atoms with Gasteiger partial charge < -0.3 is 10.1 Å². The number of carbonyl (C=O) groups is 1. The number of hydrogen-bond acceptors (Lipinski definition) is 5. The first kappa shape index (κ1) is 15.8. The van der Waals surface area contributed by atoms with Crippen LogP contribution < -0.4 is 5.32 Å². The van der Waals surface area contributed by atoms with E-state index in [1.54, 1.807) is 16.9 Å². The van der Waals surface area contributed by atoms with Gasteiger partial charge in [0.05, 0.1) is 17.1 Å². The van der Waals surface area contributed by atoms with Crippen LogP contribution in [0.3, 0.4) is 0 Å². The van der Waals surface area contributed by atoms with Gasteiger partial charge in [0.15, 0.2) is 11.5 Å². The third kappa shape index (κ3) is 3.00. The highest BCUT2D eigenvalue weighted by Crippen LogP contribution is 2.27. The van der Waals surface area contributed by atoms with Crippen LogP contribution in [0.4, 0.5) is 5.82 Å². The Balaban J connectivity index is 1.57. The second kappa shape index (κ2) is 6.29. The van der Waals surface area contributed by atoms with E-state index < -0.39 is 0 Å². The molecule has 0 unspecified atom stereocenters. The maximum atomic E-state index is 12.7. The molecule has 25 heavy (non-hydrogen) atoms. The number of rotatable bonds is 3. The summed E-state index contributed by atoms with van der Waals surface area (Å²) in [6.07, 6.45) is 3.60. The molecule has 1 amide bonds. The number of H-pyrrole nitrogens is 1. The van der Waals surface area contributed by atoms with Gasteiger partial charge in [-0.15, -0.1) is 0 Å². The lowest BCUT2D eigenvalue weighted by molar-refractivity contribution is 0.0845. The molecule has 3 aromatic heterocycles. The summed E-state index contributed by atoms with van der Waals surface area (Å²) < 4.78 is 7.05. The van der Waals surface area contributed by atoms with Crippen molar-refractivity contribution in [3.05, 3.63) is 35.3 Å². The molecule has 1 aliphatic rings. The van der Waals surface area contributed by atoms with Crippen LogP contribution in [0, 0.1) is 6.92 Å². The minimum absolute atomic E-state index is 0.214. The molecule has 0 saturated carbocycles. The molecule has 3 aromatic rings. The minimum atomic E-state index is -0.214. The molecular weight excluding hydrogens is 320 g/mol. The number of aromatic amines is 1. The van der Waals surface area contributed by atoms with Gasteiger partial charge in [-0.3, -0.25) is 14.6 Å². The molecule has 0 aliphatic carbocycles. The number of aromatic nitrogens is 5. The average Bonchev–Trinajstić information content (AvgIpc) is 3.22. The van der Waals surface area contributed by atoms with Crippen LogP contribution in [0.2, 0.25) is 0 Å². The van der Waals surface area contributed by atoms with Crippen molar-refractivity contribution >= 4 is 22.8 Å². The molecule has 4 heterocycles. The summed E-state index contributed by atoms with van der Waals surface area (Å²) >= 11 is 0. The highest BCUT2D eigenvalue weighted by Gasteiger charge is 2.20. The molecule has 8 nitrogen and oxygen atoms in total. The Morgan fingerprint density at radius 1 is 1.36 bits per heavy atom. The molecule has 1 aliphatic heterocycles. The van der Waals surface area contributed by atoms with Gasteiger partial charge in [-0.25, -0.2) is 4.98 Å². The van der Waals surface area contributed by atoms with E-state index in [2.05, 4.69) is 25.6 Å². The fourth-order valence-electron chi connectivity index (χ4n) is 3.23. The third-order valence-electron chi connectivity index (χ3n) is 4.58. The van der Waals surface area contributed by atoms with E-state index in [0.717, 1.165) is 42.8 Å². The first-order valence-electron chi connectivity index (χ1n) is 8.35. The Morgan fingerprint density at radius 3 is 2.96 bits per heavy atom. The van der Waals surface area contributed by atoms with Crippen molar-refractivity contribution in [1.29, 1.82) is 0 Å². The van der Waals surface area contributed by atoms with E-state index in [1.807, 2.05) is 20.0 Å². The van der Waals surface area contributed by atoms with Crippen molar-refractivity contribution in [2.45, 2.75) is 25.7 Å². The molecule has 1 fully saturated rings. The van der Waals surface area contributed by atoms with Gasteiger partial charge in [0.2, 0.25) is 0 Å².